The smallest absolute Gasteiger partial charge is 0.224 e. The summed E-state index contributed by atoms with van der Waals surface area (Å²) >= 11 is 0. The van der Waals surface area contributed by atoms with Gasteiger partial charge in [0.25, 0.3) is 0 Å². The summed E-state index contributed by atoms with van der Waals surface area (Å²) in [5.41, 5.74) is 2.72. The molecule has 0 unspecified atom stereocenters. The molecule has 6 nitrogen and oxygen atoms in total. The van der Waals surface area contributed by atoms with Crippen LogP contribution >= 0.6 is 0 Å². The van der Waals surface area contributed by atoms with Gasteiger partial charge in [0.05, 0.1) is 18.4 Å². The molecule has 2 N–H and O–H groups in total. The molecule has 0 saturated carbocycles. The van der Waals surface area contributed by atoms with E-state index in [4.69, 9.17) is 0 Å². The number of carbonyl (C=O) groups excluding carboxylic acids is 1. The molecule has 1 aromatic carbocycles. The summed E-state index contributed by atoms with van der Waals surface area (Å²) in [6.45, 7) is 2.46. The standard InChI is InChI=1S/C13H17N5O/c1-3-13(19)16-11-6-4-5-10(7-11)14-8-12-9-15-17-18(12)2/h4-7,9,14H,3,8H2,1-2H3,(H,16,19). The minimum absolute atomic E-state index is 0.00739. The largest absolute Gasteiger partial charge is 0.379 e. The average molecular weight is 259 g/mol. The fraction of sp³-hybridized carbons (Fsp3) is 0.308. The molecule has 0 aliphatic carbocycles. The molecule has 2 rings (SSSR count). The molecule has 0 atom stereocenters. The molecule has 6 heteroatoms. The van der Waals surface area contributed by atoms with Crippen molar-refractivity contribution in [2.45, 2.75) is 19.9 Å². The van der Waals surface area contributed by atoms with Gasteiger partial charge in [-0.25, -0.2) is 0 Å². The number of nitrogens with zero attached hydrogens (tertiary/aromatic N) is 3. The van der Waals surface area contributed by atoms with Crippen LogP contribution in [0.3, 0.4) is 0 Å². The van der Waals surface area contributed by atoms with Crippen molar-refractivity contribution in [2.75, 3.05) is 10.6 Å². The summed E-state index contributed by atoms with van der Waals surface area (Å²) in [6.07, 6.45) is 2.19. The van der Waals surface area contributed by atoms with Gasteiger partial charge >= 0.3 is 0 Å². The Morgan fingerprint density at radius 3 is 2.84 bits per heavy atom. The lowest BCUT2D eigenvalue weighted by Gasteiger charge is -2.09. The fourth-order valence-electron chi connectivity index (χ4n) is 1.62. The summed E-state index contributed by atoms with van der Waals surface area (Å²) in [4.78, 5) is 11.3. The first-order chi connectivity index (χ1) is 9.19. The normalized spacial score (nSPS) is 10.2. The predicted octanol–water partition coefficient (Wildman–Crippen LogP) is 1.78. The van der Waals surface area contributed by atoms with Gasteiger partial charge in [0.1, 0.15) is 0 Å². The molecular formula is C13H17N5O. The van der Waals surface area contributed by atoms with Gasteiger partial charge in [-0.1, -0.05) is 18.2 Å². The molecule has 19 heavy (non-hydrogen) atoms. The van der Waals surface area contributed by atoms with Crippen LogP contribution in [0, 0.1) is 0 Å². The van der Waals surface area contributed by atoms with Crippen LogP contribution < -0.4 is 10.6 Å². The molecule has 100 valence electrons. The number of rotatable bonds is 5. The molecule has 0 radical (unpaired) electrons. The number of hydrogen-bond acceptors (Lipinski definition) is 4. The predicted molar refractivity (Wildman–Crippen MR) is 73.7 cm³/mol. The molecule has 0 bridgehead atoms. The lowest BCUT2D eigenvalue weighted by Crippen LogP contribution is -2.10. The van der Waals surface area contributed by atoms with Crippen LogP contribution in [0.2, 0.25) is 0 Å². The van der Waals surface area contributed by atoms with Gasteiger partial charge < -0.3 is 10.6 Å². The van der Waals surface area contributed by atoms with E-state index in [0.29, 0.717) is 13.0 Å². The van der Waals surface area contributed by atoms with E-state index in [1.165, 1.54) is 0 Å². The lowest BCUT2D eigenvalue weighted by atomic mass is 10.2. The minimum atomic E-state index is 0.00739. The maximum absolute atomic E-state index is 11.3. The zero-order chi connectivity index (χ0) is 13.7. The zero-order valence-corrected chi connectivity index (χ0v) is 11.1. The first-order valence-electron chi connectivity index (χ1n) is 6.16. The van der Waals surface area contributed by atoms with E-state index in [1.54, 1.807) is 10.9 Å². The Balaban J connectivity index is 1.99. The Morgan fingerprint density at radius 1 is 1.37 bits per heavy atom. The quantitative estimate of drug-likeness (QED) is 0.858. The molecule has 0 spiro atoms. The van der Waals surface area contributed by atoms with Gasteiger partial charge in [0.15, 0.2) is 0 Å². The van der Waals surface area contributed by atoms with Crippen molar-refractivity contribution in [3.8, 4) is 0 Å². The van der Waals surface area contributed by atoms with E-state index in [2.05, 4.69) is 20.9 Å². The van der Waals surface area contributed by atoms with Crippen LogP contribution in [-0.2, 0) is 18.4 Å². The second-order valence-corrected chi connectivity index (χ2v) is 4.19. The Morgan fingerprint density at radius 2 is 2.16 bits per heavy atom. The van der Waals surface area contributed by atoms with E-state index in [0.717, 1.165) is 17.1 Å². The Kier molecular flexibility index (Phi) is 4.12. The number of benzene rings is 1. The molecule has 2 aromatic rings. The monoisotopic (exact) mass is 259 g/mol. The maximum Gasteiger partial charge on any atom is 0.224 e. The highest BCUT2D eigenvalue weighted by Gasteiger charge is 2.02. The molecule has 1 heterocycles. The molecule has 0 saturated heterocycles. The number of aromatic nitrogens is 3. The maximum atomic E-state index is 11.3. The van der Waals surface area contributed by atoms with E-state index in [-0.39, 0.29) is 5.91 Å². The topological polar surface area (TPSA) is 71.8 Å². The SMILES string of the molecule is CCC(=O)Nc1cccc(NCc2cnnn2C)c1. The second kappa shape index (κ2) is 5.99. The van der Waals surface area contributed by atoms with Crippen LogP contribution in [0.5, 0.6) is 0 Å². The summed E-state index contributed by atoms with van der Waals surface area (Å²) in [5.74, 6) is 0.00739. The van der Waals surface area contributed by atoms with Gasteiger partial charge in [-0.15, -0.1) is 5.10 Å². The van der Waals surface area contributed by atoms with Crippen LogP contribution in [0.15, 0.2) is 30.5 Å². The lowest BCUT2D eigenvalue weighted by molar-refractivity contribution is -0.115. The Hall–Kier alpha value is -2.37. The molecule has 0 aliphatic rings. The Bertz CT molecular complexity index is 564. The molecule has 0 aliphatic heterocycles. The highest BCUT2D eigenvalue weighted by atomic mass is 16.1. The minimum Gasteiger partial charge on any atom is -0.379 e. The van der Waals surface area contributed by atoms with Crippen molar-refractivity contribution in [1.82, 2.24) is 15.0 Å². The number of aryl methyl sites for hydroxylation is 1. The zero-order valence-electron chi connectivity index (χ0n) is 11.1. The van der Waals surface area contributed by atoms with Gasteiger partial charge in [0.2, 0.25) is 5.91 Å². The third-order valence-corrected chi connectivity index (χ3v) is 2.75. The highest BCUT2D eigenvalue weighted by molar-refractivity contribution is 5.90. The number of hydrogen-bond donors (Lipinski definition) is 2. The summed E-state index contributed by atoms with van der Waals surface area (Å²) in [7, 11) is 1.85. The van der Waals surface area contributed by atoms with E-state index < -0.39 is 0 Å². The van der Waals surface area contributed by atoms with Gasteiger partial charge in [-0.3, -0.25) is 9.48 Å². The van der Waals surface area contributed by atoms with Crippen LogP contribution in [0.4, 0.5) is 11.4 Å². The highest BCUT2D eigenvalue weighted by Crippen LogP contribution is 2.16. The third kappa shape index (κ3) is 3.54. The van der Waals surface area contributed by atoms with Crippen molar-refractivity contribution < 1.29 is 4.79 Å². The van der Waals surface area contributed by atoms with Crippen molar-refractivity contribution in [1.29, 1.82) is 0 Å². The molecule has 1 aromatic heterocycles. The molecular weight excluding hydrogens is 242 g/mol. The van der Waals surface area contributed by atoms with Crippen LogP contribution in [0.25, 0.3) is 0 Å². The van der Waals surface area contributed by atoms with E-state index in [1.807, 2.05) is 38.2 Å². The van der Waals surface area contributed by atoms with Gasteiger partial charge in [-0.2, -0.15) is 0 Å². The first kappa shape index (κ1) is 13.1. The number of amides is 1. The van der Waals surface area contributed by atoms with Crippen LogP contribution in [0.1, 0.15) is 19.0 Å². The van der Waals surface area contributed by atoms with Crippen molar-refractivity contribution in [3.05, 3.63) is 36.2 Å². The van der Waals surface area contributed by atoms with E-state index in [9.17, 15) is 4.79 Å². The van der Waals surface area contributed by atoms with Crippen molar-refractivity contribution >= 4 is 17.3 Å². The number of anilines is 2. The second-order valence-electron chi connectivity index (χ2n) is 4.19. The number of carbonyl (C=O) groups is 1. The first-order valence-corrected chi connectivity index (χ1v) is 6.16. The summed E-state index contributed by atoms with van der Waals surface area (Å²) in [5, 5.41) is 13.8. The molecule has 0 fully saturated rings. The van der Waals surface area contributed by atoms with E-state index >= 15 is 0 Å². The van der Waals surface area contributed by atoms with Crippen molar-refractivity contribution in [2.24, 2.45) is 7.05 Å². The van der Waals surface area contributed by atoms with Gasteiger partial charge in [0, 0.05) is 24.8 Å². The fourth-order valence-corrected chi connectivity index (χ4v) is 1.62. The third-order valence-electron chi connectivity index (χ3n) is 2.75. The van der Waals surface area contributed by atoms with Crippen molar-refractivity contribution in [3.63, 3.8) is 0 Å². The summed E-state index contributed by atoms with van der Waals surface area (Å²) in [6, 6.07) is 7.61. The summed E-state index contributed by atoms with van der Waals surface area (Å²) < 4.78 is 1.72. The molecule has 1 amide bonds. The van der Waals surface area contributed by atoms with Crippen LogP contribution in [-0.4, -0.2) is 20.9 Å². The van der Waals surface area contributed by atoms with Gasteiger partial charge in [-0.05, 0) is 18.2 Å². The Labute approximate surface area is 111 Å². The number of nitrogens with one attached hydrogen (secondary N) is 2. The average Bonchev–Trinajstić information content (AvgIpc) is 2.82.